The third-order valence-electron chi connectivity index (χ3n) is 5.26. The Hall–Kier alpha value is -1.39. The van der Waals surface area contributed by atoms with Crippen molar-refractivity contribution in [2.75, 3.05) is 33.8 Å². The first-order chi connectivity index (χ1) is 10.9. The Morgan fingerprint density at radius 1 is 1.26 bits per heavy atom. The predicted octanol–water partition coefficient (Wildman–Crippen LogP) is 2.70. The van der Waals surface area contributed by atoms with Crippen molar-refractivity contribution in [3.63, 3.8) is 0 Å². The molecule has 1 N–H and O–H groups in total. The van der Waals surface area contributed by atoms with Gasteiger partial charge in [0, 0.05) is 5.92 Å². The second kappa shape index (κ2) is 7.45. The SMILES string of the molecule is CC[N+](C)(C)CCOC(=O)C(O)(c1ccccc1)C1CCCC1. The number of carbonyl (C=O) groups is 1. The molecule has 1 unspecified atom stereocenters. The zero-order chi connectivity index (χ0) is 16.9. The number of aliphatic hydroxyl groups is 1. The molecule has 0 spiro atoms. The lowest BCUT2D eigenvalue weighted by Gasteiger charge is -2.33. The summed E-state index contributed by atoms with van der Waals surface area (Å²) in [5, 5.41) is 11.3. The van der Waals surface area contributed by atoms with E-state index in [0.717, 1.165) is 43.3 Å². The van der Waals surface area contributed by atoms with Crippen LogP contribution in [0.25, 0.3) is 0 Å². The highest BCUT2D eigenvalue weighted by Gasteiger charge is 2.47. The molecule has 1 fully saturated rings. The van der Waals surface area contributed by atoms with Crippen molar-refractivity contribution in [3.05, 3.63) is 35.9 Å². The average Bonchev–Trinajstić information content (AvgIpc) is 3.09. The number of benzene rings is 1. The third kappa shape index (κ3) is 4.12. The van der Waals surface area contributed by atoms with E-state index in [0.29, 0.717) is 12.2 Å². The van der Waals surface area contributed by atoms with Crippen LogP contribution < -0.4 is 0 Å². The Morgan fingerprint density at radius 2 is 1.87 bits per heavy atom. The van der Waals surface area contributed by atoms with E-state index in [2.05, 4.69) is 21.0 Å². The monoisotopic (exact) mass is 320 g/mol. The maximum Gasteiger partial charge on any atom is 0.343 e. The van der Waals surface area contributed by atoms with Crippen molar-refractivity contribution in [2.45, 2.75) is 38.2 Å². The maximum absolute atomic E-state index is 12.7. The van der Waals surface area contributed by atoms with Gasteiger partial charge in [-0.3, -0.25) is 0 Å². The molecule has 1 atom stereocenters. The van der Waals surface area contributed by atoms with Crippen LogP contribution in [-0.2, 0) is 15.1 Å². The van der Waals surface area contributed by atoms with Gasteiger partial charge in [-0.15, -0.1) is 0 Å². The lowest BCUT2D eigenvalue weighted by molar-refractivity contribution is -0.888. The summed E-state index contributed by atoms with van der Waals surface area (Å²) in [6.07, 6.45) is 3.87. The largest absolute Gasteiger partial charge is 0.457 e. The van der Waals surface area contributed by atoms with E-state index in [1.54, 1.807) is 0 Å². The Balaban J connectivity index is 2.12. The Morgan fingerprint density at radius 3 is 2.43 bits per heavy atom. The number of carbonyl (C=O) groups excluding carboxylic acids is 1. The summed E-state index contributed by atoms with van der Waals surface area (Å²) in [5.41, 5.74) is -0.859. The van der Waals surface area contributed by atoms with Crippen LogP contribution in [0.5, 0.6) is 0 Å². The molecule has 1 aromatic rings. The van der Waals surface area contributed by atoms with E-state index >= 15 is 0 Å². The minimum Gasteiger partial charge on any atom is -0.457 e. The third-order valence-corrected chi connectivity index (χ3v) is 5.26. The lowest BCUT2D eigenvalue weighted by Crippen LogP contribution is -2.46. The minimum absolute atomic E-state index is 0.0499. The molecule has 2 rings (SSSR count). The molecule has 4 heteroatoms. The number of rotatable bonds is 7. The van der Waals surface area contributed by atoms with Crippen LogP contribution in [0.4, 0.5) is 0 Å². The molecule has 23 heavy (non-hydrogen) atoms. The molecule has 1 aromatic carbocycles. The van der Waals surface area contributed by atoms with Crippen LogP contribution in [0.1, 0.15) is 38.2 Å². The molecular formula is C19H30NO3+. The van der Waals surface area contributed by atoms with E-state index in [-0.39, 0.29) is 5.92 Å². The normalized spacial score (nSPS) is 18.6. The van der Waals surface area contributed by atoms with Gasteiger partial charge in [0.1, 0.15) is 13.2 Å². The van der Waals surface area contributed by atoms with Crippen molar-refractivity contribution in [1.82, 2.24) is 0 Å². The molecule has 0 heterocycles. The molecule has 4 nitrogen and oxygen atoms in total. The summed E-state index contributed by atoms with van der Waals surface area (Å²) in [7, 11) is 4.21. The van der Waals surface area contributed by atoms with E-state index in [4.69, 9.17) is 4.74 Å². The topological polar surface area (TPSA) is 46.5 Å². The predicted molar refractivity (Wildman–Crippen MR) is 90.8 cm³/mol. The van der Waals surface area contributed by atoms with E-state index in [1.165, 1.54) is 0 Å². The second-order valence-corrected chi connectivity index (χ2v) is 7.23. The van der Waals surface area contributed by atoms with Crippen molar-refractivity contribution < 1.29 is 19.1 Å². The highest BCUT2D eigenvalue weighted by molar-refractivity contribution is 5.81. The van der Waals surface area contributed by atoms with Crippen molar-refractivity contribution in [1.29, 1.82) is 0 Å². The Kier molecular flexibility index (Phi) is 5.82. The van der Waals surface area contributed by atoms with Gasteiger partial charge in [0.25, 0.3) is 0 Å². The van der Waals surface area contributed by atoms with Crippen LogP contribution >= 0.6 is 0 Å². The fourth-order valence-electron chi connectivity index (χ4n) is 3.21. The number of quaternary nitrogens is 1. The van der Waals surface area contributed by atoms with Crippen LogP contribution in [-0.4, -0.2) is 49.4 Å². The second-order valence-electron chi connectivity index (χ2n) is 7.23. The number of ether oxygens (including phenoxy) is 1. The van der Waals surface area contributed by atoms with Crippen LogP contribution in [0, 0.1) is 5.92 Å². The molecule has 0 radical (unpaired) electrons. The zero-order valence-corrected chi connectivity index (χ0v) is 14.6. The summed E-state index contributed by atoms with van der Waals surface area (Å²) in [4.78, 5) is 12.7. The average molecular weight is 320 g/mol. The smallest absolute Gasteiger partial charge is 0.343 e. The standard InChI is InChI=1S/C19H30NO3/c1-4-20(2,3)14-15-23-18(21)19(22,17-12-8-9-13-17)16-10-6-5-7-11-16/h5-7,10-11,17,22H,4,8-9,12-15H2,1-3H3/q+1. The molecule has 0 saturated heterocycles. The minimum atomic E-state index is -1.51. The van der Waals surface area contributed by atoms with Crippen LogP contribution in [0.3, 0.4) is 0 Å². The number of hydrogen-bond donors (Lipinski definition) is 1. The van der Waals surface area contributed by atoms with E-state index in [9.17, 15) is 9.90 Å². The number of hydrogen-bond acceptors (Lipinski definition) is 3. The summed E-state index contributed by atoms with van der Waals surface area (Å²) in [6.45, 7) is 4.17. The fourth-order valence-corrected chi connectivity index (χ4v) is 3.21. The summed E-state index contributed by atoms with van der Waals surface area (Å²) >= 11 is 0. The van der Waals surface area contributed by atoms with Crippen molar-refractivity contribution >= 4 is 5.97 Å². The molecule has 0 bridgehead atoms. The highest BCUT2D eigenvalue weighted by Crippen LogP contribution is 2.41. The van der Waals surface area contributed by atoms with Gasteiger partial charge in [0.2, 0.25) is 0 Å². The molecular weight excluding hydrogens is 290 g/mol. The number of likely N-dealkylation sites (N-methyl/N-ethyl adjacent to an activating group) is 1. The lowest BCUT2D eigenvalue weighted by atomic mass is 9.80. The van der Waals surface area contributed by atoms with Crippen LogP contribution in [0.2, 0.25) is 0 Å². The molecule has 1 saturated carbocycles. The van der Waals surface area contributed by atoms with Gasteiger partial charge in [0.15, 0.2) is 5.60 Å². The molecule has 0 amide bonds. The maximum atomic E-state index is 12.7. The molecule has 128 valence electrons. The molecule has 1 aliphatic carbocycles. The quantitative estimate of drug-likeness (QED) is 0.621. The first-order valence-electron chi connectivity index (χ1n) is 8.67. The van der Waals surface area contributed by atoms with Crippen LogP contribution in [0.15, 0.2) is 30.3 Å². The van der Waals surface area contributed by atoms with Gasteiger partial charge in [-0.1, -0.05) is 43.2 Å². The first kappa shape index (κ1) is 18.0. The van der Waals surface area contributed by atoms with Gasteiger partial charge in [-0.2, -0.15) is 0 Å². The summed E-state index contributed by atoms with van der Waals surface area (Å²) in [6, 6.07) is 9.27. The Labute approximate surface area is 139 Å². The zero-order valence-electron chi connectivity index (χ0n) is 14.6. The first-order valence-corrected chi connectivity index (χ1v) is 8.67. The molecule has 0 aliphatic heterocycles. The summed E-state index contributed by atoms with van der Waals surface area (Å²) < 4.78 is 6.30. The van der Waals surface area contributed by atoms with Gasteiger partial charge >= 0.3 is 5.97 Å². The van der Waals surface area contributed by atoms with Crippen molar-refractivity contribution in [2.24, 2.45) is 5.92 Å². The van der Waals surface area contributed by atoms with Gasteiger partial charge in [0.05, 0.1) is 20.6 Å². The molecule has 0 aromatic heterocycles. The highest BCUT2D eigenvalue weighted by atomic mass is 16.5. The summed E-state index contributed by atoms with van der Waals surface area (Å²) in [5.74, 6) is -0.544. The van der Waals surface area contributed by atoms with E-state index < -0.39 is 11.6 Å². The van der Waals surface area contributed by atoms with E-state index in [1.807, 2.05) is 30.3 Å². The Bertz CT molecular complexity index is 509. The van der Waals surface area contributed by atoms with Gasteiger partial charge < -0.3 is 14.3 Å². The fraction of sp³-hybridized carbons (Fsp3) is 0.632. The number of esters is 1. The van der Waals surface area contributed by atoms with Gasteiger partial charge in [-0.05, 0) is 25.3 Å². The van der Waals surface area contributed by atoms with Crippen molar-refractivity contribution in [3.8, 4) is 0 Å². The molecule has 1 aliphatic rings. The number of nitrogens with zero attached hydrogens (tertiary/aromatic N) is 1. The van der Waals surface area contributed by atoms with Gasteiger partial charge in [-0.25, -0.2) is 4.79 Å².